The zero-order valence-corrected chi connectivity index (χ0v) is 16.3. The number of halogens is 4. The van der Waals surface area contributed by atoms with Gasteiger partial charge in [-0.2, -0.15) is 18.3 Å². The van der Waals surface area contributed by atoms with Gasteiger partial charge in [0.05, 0.1) is 16.3 Å². The maximum absolute atomic E-state index is 13.3. The van der Waals surface area contributed by atoms with E-state index in [1.54, 1.807) is 0 Å². The Labute approximate surface area is 178 Å². The van der Waals surface area contributed by atoms with Gasteiger partial charge in [0.2, 0.25) is 0 Å². The molecule has 0 fully saturated rings. The van der Waals surface area contributed by atoms with Gasteiger partial charge >= 0.3 is 6.18 Å². The van der Waals surface area contributed by atoms with Crippen LogP contribution >= 0.6 is 11.6 Å². The maximum atomic E-state index is 13.3. The smallest absolute Gasteiger partial charge is 0.326 e. The SMILES string of the molecule is NCc1cccc(C(=O)NN)c1NC(=O)c1cc(C(F)(F)F)nn1-c1ncccc1Cl. The number of hydrogen-bond acceptors (Lipinski definition) is 6. The van der Waals surface area contributed by atoms with E-state index < -0.39 is 29.4 Å². The number of nitrogen functional groups attached to an aromatic ring is 1. The predicted molar refractivity (Wildman–Crippen MR) is 105 cm³/mol. The summed E-state index contributed by atoms with van der Waals surface area (Å²) < 4.78 is 40.5. The molecule has 0 radical (unpaired) electrons. The molecule has 0 saturated heterocycles. The summed E-state index contributed by atoms with van der Waals surface area (Å²) >= 11 is 6.03. The Balaban J connectivity index is 2.12. The van der Waals surface area contributed by atoms with Crippen LogP contribution in [0.15, 0.2) is 42.6 Å². The second-order valence-corrected chi connectivity index (χ2v) is 6.51. The molecule has 6 N–H and O–H groups in total. The molecule has 9 nitrogen and oxygen atoms in total. The first-order valence-electron chi connectivity index (χ1n) is 8.59. The summed E-state index contributed by atoms with van der Waals surface area (Å²) in [7, 11) is 0. The van der Waals surface area contributed by atoms with Crippen molar-refractivity contribution in [1.82, 2.24) is 20.2 Å². The third-order valence-electron chi connectivity index (χ3n) is 4.16. The lowest BCUT2D eigenvalue weighted by Crippen LogP contribution is -2.31. The summed E-state index contributed by atoms with van der Waals surface area (Å²) in [5.74, 6) is 3.25. The van der Waals surface area contributed by atoms with Crippen molar-refractivity contribution < 1.29 is 22.8 Å². The Morgan fingerprint density at radius 1 is 1.16 bits per heavy atom. The summed E-state index contributed by atoms with van der Waals surface area (Å²) in [6.45, 7) is -0.0690. The molecule has 0 aliphatic rings. The van der Waals surface area contributed by atoms with E-state index in [0.29, 0.717) is 16.3 Å². The number of hydrazine groups is 1. The molecule has 0 spiro atoms. The first kappa shape index (κ1) is 22.2. The Morgan fingerprint density at radius 3 is 2.52 bits per heavy atom. The monoisotopic (exact) mass is 453 g/mol. The third kappa shape index (κ3) is 4.50. The molecule has 0 saturated carbocycles. The highest BCUT2D eigenvalue weighted by molar-refractivity contribution is 6.32. The van der Waals surface area contributed by atoms with E-state index in [1.165, 1.54) is 36.5 Å². The fraction of sp³-hybridized carbons (Fsp3) is 0.111. The van der Waals surface area contributed by atoms with E-state index >= 15 is 0 Å². The lowest BCUT2D eigenvalue weighted by Gasteiger charge is -2.15. The van der Waals surface area contributed by atoms with Gasteiger partial charge in [-0.1, -0.05) is 23.7 Å². The molecule has 2 amide bonds. The largest absolute Gasteiger partial charge is 0.435 e. The van der Waals surface area contributed by atoms with Crippen LogP contribution in [0.1, 0.15) is 32.1 Å². The van der Waals surface area contributed by atoms with E-state index in [9.17, 15) is 22.8 Å². The second-order valence-electron chi connectivity index (χ2n) is 6.10. The van der Waals surface area contributed by atoms with Crippen molar-refractivity contribution >= 4 is 29.1 Å². The van der Waals surface area contributed by atoms with Crippen molar-refractivity contribution in [3.8, 4) is 5.82 Å². The Morgan fingerprint density at radius 2 is 1.90 bits per heavy atom. The van der Waals surface area contributed by atoms with E-state index in [-0.39, 0.29) is 28.6 Å². The Hall–Kier alpha value is -3.48. The lowest BCUT2D eigenvalue weighted by atomic mass is 10.1. The number of para-hydroxylation sites is 1. The number of nitrogens with two attached hydrogens (primary N) is 2. The van der Waals surface area contributed by atoms with Crippen molar-refractivity contribution in [3.05, 3.63) is 70.1 Å². The van der Waals surface area contributed by atoms with Crippen LogP contribution in [-0.4, -0.2) is 26.6 Å². The van der Waals surface area contributed by atoms with Crippen LogP contribution in [0.3, 0.4) is 0 Å². The number of nitrogens with one attached hydrogen (secondary N) is 2. The van der Waals surface area contributed by atoms with Crippen LogP contribution in [0.5, 0.6) is 0 Å². The first-order chi connectivity index (χ1) is 14.7. The zero-order chi connectivity index (χ0) is 22.8. The normalized spacial score (nSPS) is 11.3. The summed E-state index contributed by atoms with van der Waals surface area (Å²) in [5, 5.41) is 5.84. The van der Waals surface area contributed by atoms with Crippen LogP contribution in [-0.2, 0) is 12.7 Å². The number of amides is 2. The highest BCUT2D eigenvalue weighted by Crippen LogP contribution is 2.31. The topological polar surface area (TPSA) is 141 Å². The standard InChI is InChI=1S/C18H15ClF3N7O2/c19-11-5-2-6-25-15(11)29-12(7-13(28-29)18(20,21)22)17(31)26-14-9(8-23)3-1-4-10(14)16(30)27-24/h1-7H,8,23-24H2,(H,26,31)(H,27,30). The number of pyridine rings is 1. The van der Waals surface area contributed by atoms with Crippen molar-refractivity contribution in [2.45, 2.75) is 12.7 Å². The van der Waals surface area contributed by atoms with Crippen LogP contribution < -0.4 is 22.3 Å². The fourth-order valence-corrected chi connectivity index (χ4v) is 2.94. The lowest BCUT2D eigenvalue weighted by molar-refractivity contribution is -0.141. The molecule has 2 aromatic heterocycles. The first-order valence-corrected chi connectivity index (χ1v) is 8.97. The van der Waals surface area contributed by atoms with E-state index in [4.69, 9.17) is 23.2 Å². The van der Waals surface area contributed by atoms with Crippen molar-refractivity contribution in [2.24, 2.45) is 11.6 Å². The minimum atomic E-state index is -4.83. The van der Waals surface area contributed by atoms with Crippen LogP contribution in [0, 0.1) is 0 Å². The van der Waals surface area contributed by atoms with Crippen LogP contribution in [0.2, 0.25) is 5.02 Å². The third-order valence-corrected chi connectivity index (χ3v) is 4.45. The highest BCUT2D eigenvalue weighted by Gasteiger charge is 2.36. The van der Waals surface area contributed by atoms with Gasteiger partial charge in [0, 0.05) is 18.8 Å². The van der Waals surface area contributed by atoms with Gasteiger partial charge in [-0.15, -0.1) is 0 Å². The molecule has 0 atom stereocenters. The minimum Gasteiger partial charge on any atom is -0.326 e. The number of rotatable bonds is 5. The molecule has 3 aromatic rings. The molecule has 162 valence electrons. The van der Waals surface area contributed by atoms with Gasteiger partial charge in [-0.3, -0.25) is 15.0 Å². The number of anilines is 1. The number of aromatic nitrogens is 3. The second kappa shape index (κ2) is 8.71. The summed E-state index contributed by atoms with van der Waals surface area (Å²) in [6.07, 6.45) is -3.55. The maximum Gasteiger partial charge on any atom is 0.435 e. The molecule has 0 aliphatic heterocycles. The van der Waals surface area contributed by atoms with Gasteiger partial charge in [-0.25, -0.2) is 15.5 Å². The molecule has 13 heteroatoms. The summed E-state index contributed by atoms with van der Waals surface area (Å²) in [5.41, 5.74) is 6.07. The molecule has 1 aromatic carbocycles. The number of hydrogen-bond donors (Lipinski definition) is 4. The average Bonchev–Trinajstić information content (AvgIpc) is 3.19. The Bertz CT molecular complexity index is 1150. The highest BCUT2D eigenvalue weighted by atomic mass is 35.5. The van der Waals surface area contributed by atoms with Gasteiger partial charge in [0.1, 0.15) is 5.69 Å². The van der Waals surface area contributed by atoms with Gasteiger partial charge < -0.3 is 11.1 Å². The zero-order valence-electron chi connectivity index (χ0n) is 15.6. The molecular weight excluding hydrogens is 439 g/mol. The number of carbonyl (C=O) groups excluding carboxylic acids is 2. The molecular formula is C18H15ClF3N7O2. The molecule has 2 heterocycles. The molecule has 3 rings (SSSR count). The van der Waals surface area contributed by atoms with Crippen molar-refractivity contribution in [2.75, 3.05) is 5.32 Å². The number of alkyl halides is 3. The van der Waals surface area contributed by atoms with E-state index in [2.05, 4.69) is 15.4 Å². The number of carbonyl (C=O) groups is 2. The average molecular weight is 454 g/mol. The molecule has 0 unspecified atom stereocenters. The Kier molecular flexibility index (Phi) is 6.24. The van der Waals surface area contributed by atoms with Gasteiger partial charge in [0.25, 0.3) is 11.8 Å². The number of benzene rings is 1. The quantitative estimate of drug-likeness (QED) is 0.265. The number of nitrogens with zero attached hydrogens (tertiary/aromatic N) is 3. The van der Waals surface area contributed by atoms with Gasteiger partial charge in [-0.05, 0) is 23.8 Å². The van der Waals surface area contributed by atoms with E-state index in [0.717, 1.165) is 0 Å². The van der Waals surface area contributed by atoms with E-state index in [1.807, 2.05) is 5.43 Å². The van der Waals surface area contributed by atoms with Crippen molar-refractivity contribution in [3.63, 3.8) is 0 Å². The molecule has 0 bridgehead atoms. The molecule has 0 aliphatic carbocycles. The fourth-order valence-electron chi connectivity index (χ4n) is 2.74. The minimum absolute atomic E-state index is 0.00798. The van der Waals surface area contributed by atoms with Crippen LogP contribution in [0.4, 0.5) is 18.9 Å². The molecule has 31 heavy (non-hydrogen) atoms. The summed E-state index contributed by atoms with van der Waals surface area (Å²) in [4.78, 5) is 29.0. The predicted octanol–water partition coefficient (Wildman–Crippen LogP) is 2.25. The van der Waals surface area contributed by atoms with Crippen LogP contribution in [0.25, 0.3) is 5.82 Å². The summed E-state index contributed by atoms with van der Waals surface area (Å²) in [6, 6.07) is 7.82. The van der Waals surface area contributed by atoms with Crippen molar-refractivity contribution in [1.29, 1.82) is 0 Å². The van der Waals surface area contributed by atoms with Gasteiger partial charge in [0.15, 0.2) is 11.5 Å².